The van der Waals surface area contributed by atoms with Crippen LogP contribution < -0.4 is 10.6 Å². The van der Waals surface area contributed by atoms with Crippen molar-refractivity contribution in [2.24, 2.45) is 5.92 Å². The summed E-state index contributed by atoms with van der Waals surface area (Å²) in [5.41, 5.74) is 1.19. The molecule has 0 spiro atoms. The van der Waals surface area contributed by atoms with Crippen molar-refractivity contribution in [3.05, 3.63) is 41.7 Å². The minimum atomic E-state index is -0.359. The number of aliphatic hydroxyl groups excluding tert-OH is 1. The molecular formula is C16H19FN2O2. The standard InChI is InChI=1S/C16H19FN2O2/c17-15-8-13(5-6-14(15)11-2-3-11)19-16(21)18-12-4-1-10(7-12)9-20/h1,4-6,8,10-12,20H,2-3,7,9H2,(H2,18,19,21)/t10-,12+/m0/s1. The highest BCUT2D eigenvalue weighted by molar-refractivity contribution is 5.89. The Kier molecular flexibility index (Phi) is 3.92. The molecule has 3 N–H and O–H groups in total. The molecule has 3 rings (SSSR count). The predicted octanol–water partition coefficient (Wildman–Crippen LogP) is 2.76. The van der Waals surface area contributed by atoms with Gasteiger partial charge in [-0.2, -0.15) is 0 Å². The fourth-order valence-electron chi connectivity index (χ4n) is 2.68. The van der Waals surface area contributed by atoms with E-state index in [0.29, 0.717) is 18.0 Å². The molecule has 1 aromatic carbocycles. The predicted molar refractivity (Wildman–Crippen MR) is 78.7 cm³/mol. The Bertz CT molecular complexity index is 569. The number of benzene rings is 1. The van der Waals surface area contributed by atoms with Gasteiger partial charge in [0.05, 0.1) is 0 Å². The number of halogens is 1. The van der Waals surface area contributed by atoms with Crippen molar-refractivity contribution in [2.75, 3.05) is 11.9 Å². The van der Waals surface area contributed by atoms with Gasteiger partial charge in [0.15, 0.2) is 0 Å². The SMILES string of the molecule is O=C(Nc1ccc(C2CC2)c(F)c1)N[C@@H]1C=C[C@H](CO)C1. The maximum absolute atomic E-state index is 13.9. The minimum Gasteiger partial charge on any atom is -0.396 e. The van der Waals surface area contributed by atoms with Crippen molar-refractivity contribution >= 4 is 11.7 Å². The second-order valence-corrected chi connectivity index (χ2v) is 5.78. The van der Waals surface area contributed by atoms with Crippen LogP contribution in [0.5, 0.6) is 0 Å². The van der Waals surface area contributed by atoms with Gasteiger partial charge >= 0.3 is 6.03 Å². The molecule has 0 saturated heterocycles. The van der Waals surface area contributed by atoms with E-state index in [1.165, 1.54) is 6.07 Å². The second-order valence-electron chi connectivity index (χ2n) is 5.78. The number of carbonyl (C=O) groups is 1. The monoisotopic (exact) mass is 290 g/mol. The first-order valence-electron chi connectivity index (χ1n) is 7.32. The Morgan fingerprint density at radius 1 is 1.33 bits per heavy atom. The van der Waals surface area contributed by atoms with E-state index in [0.717, 1.165) is 18.4 Å². The molecule has 4 nitrogen and oxygen atoms in total. The molecule has 0 radical (unpaired) electrons. The summed E-state index contributed by atoms with van der Waals surface area (Å²) < 4.78 is 13.9. The number of hydrogen-bond acceptors (Lipinski definition) is 2. The lowest BCUT2D eigenvalue weighted by atomic mass is 10.1. The Morgan fingerprint density at radius 3 is 2.76 bits per heavy atom. The van der Waals surface area contributed by atoms with Crippen molar-refractivity contribution < 1.29 is 14.3 Å². The Morgan fingerprint density at radius 2 is 2.14 bits per heavy atom. The molecule has 1 saturated carbocycles. The second kappa shape index (κ2) is 5.85. The van der Waals surface area contributed by atoms with Crippen molar-refractivity contribution in [1.29, 1.82) is 0 Å². The number of hydrogen-bond donors (Lipinski definition) is 3. The van der Waals surface area contributed by atoms with E-state index in [9.17, 15) is 9.18 Å². The molecule has 0 heterocycles. The highest BCUT2D eigenvalue weighted by Crippen LogP contribution is 2.41. The molecule has 0 bridgehead atoms. The summed E-state index contributed by atoms with van der Waals surface area (Å²) in [6.45, 7) is 0.0874. The van der Waals surface area contributed by atoms with Gasteiger partial charge in [0.1, 0.15) is 5.82 Å². The molecular weight excluding hydrogens is 271 g/mol. The average molecular weight is 290 g/mol. The molecule has 5 heteroatoms. The van der Waals surface area contributed by atoms with Gasteiger partial charge in [0.2, 0.25) is 0 Å². The van der Waals surface area contributed by atoms with Gasteiger partial charge in [-0.05, 0) is 42.9 Å². The van der Waals surface area contributed by atoms with Gasteiger partial charge in [0, 0.05) is 24.3 Å². The average Bonchev–Trinajstić information content (AvgIpc) is 3.19. The Labute approximate surface area is 123 Å². The van der Waals surface area contributed by atoms with Crippen molar-refractivity contribution in [3.63, 3.8) is 0 Å². The largest absolute Gasteiger partial charge is 0.396 e. The van der Waals surface area contributed by atoms with Gasteiger partial charge in [-0.25, -0.2) is 9.18 Å². The number of amides is 2. The summed E-state index contributed by atoms with van der Waals surface area (Å²) in [4.78, 5) is 11.9. The topological polar surface area (TPSA) is 61.4 Å². The number of carbonyl (C=O) groups excluding carboxylic acids is 1. The summed E-state index contributed by atoms with van der Waals surface area (Å²) in [5, 5.41) is 14.5. The number of urea groups is 1. The zero-order chi connectivity index (χ0) is 14.8. The van der Waals surface area contributed by atoms with E-state index < -0.39 is 0 Å². The van der Waals surface area contributed by atoms with Crippen LogP contribution in [0.4, 0.5) is 14.9 Å². The third-order valence-electron chi connectivity index (χ3n) is 4.00. The molecule has 1 fully saturated rings. The normalized spacial score (nSPS) is 24.1. The van der Waals surface area contributed by atoms with Crippen LogP contribution in [0.2, 0.25) is 0 Å². The van der Waals surface area contributed by atoms with Gasteiger partial charge in [-0.15, -0.1) is 0 Å². The quantitative estimate of drug-likeness (QED) is 0.747. The first kappa shape index (κ1) is 14.1. The zero-order valence-corrected chi connectivity index (χ0v) is 11.7. The number of nitrogens with one attached hydrogen (secondary N) is 2. The maximum atomic E-state index is 13.9. The molecule has 0 aliphatic heterocycles. The molecule has 0 aromatic heterocycles. The smallest absolute Gasteiger partial charge is 0.319 e. The van der Waals surface area contributed by atoms with Crippen molar-refractivity contribution in [1.82, 2.24) is 5.32 Å². The van der Waals surface area contributed by atoms with E-state index in [-0.39, 0.29) is 30.4 Å². The van der Waals surface area contributed by atoms with Crippen LogP contribution in [-0.2, 0) is 0 Å². The number of rotatable bonds is 4. The molecule has 21 heavy (non-hydrogen) atoms. The number of anilines is 1. The van der Waals surface area contributed by atoms with Gasteiger partial charge in [0.25, 0.3) is 0 Å². The van der Waals surface area contributed by atoms with E-state index in [4.69, 9.17) is 5.11 Å². The van der Waals surface area contributed by atoms with E-state index in [2.05, 4.69) is 10.6 Å². The summed E-state index contributed by atoms with van der Waals surface area (Å²) in [6.07, 6.45) is 6.56. The lowest BCUT2D eigenvalue weighted by molar-refractivity contribution is 0.238. The maximum Gasteiger partial charge on any atom is 0.319 e. The summed E-state index contributed by atoms with van der Waals surface area (Å²) in [7, 11) is 0. The molecule has 2 amide bonds. The lowest BCUT2D eigenvalue weighted by Crippen LogP contribution is -2.36. The van der Waals surface area contributed by atoms with Gasteiger partial charge in [-0.1, -0.05) is 18.2 Å². The summed E-state index contributed by atoms with van der Waals surface area (Å²) in [5.74, 6) is 0.203. The summed E-state index contributed by atoms with van der Waals surface area (Å²) >= 11 is 0. The fourth-order valence-corrected chi connectivity index (χ4v) is 2.68. The van der Waals surface area contributed by atoms with Crippen LogP contribution in [0.25, 0.3) is 0 Å². The fraction of sp³-hybridized carbons (Fsp3) is 0.438. The highest BCUT2D eigenvalue weighted by atomic mass is 19.1. The van der Waals surface area contributed by atoms with Crippen LogP contribution in [0.15, 0.2) is 30.4 Å². The van der Waals surface area contributed by atoms with Crippen LogP contribution in [-0.4, -0.2) is 23.8 Å². The third-order valence-corrected chi connectivity index (χ3v) is 4.00. The van der Waals surface area contributed by atoms with Crippen molar-refractivity contribution in [2.45, 2.75) is 31.2 Å². The van der Waals surface area contributed by atoms with E-state index in [1.807, 2.05) is 12.2 Å². The van der Waals surface area contributed by atoms with Crippen LogP contribution in [0, 0.1) is 11.7 Å². The van der Waals surface area contributed by atoms with E-state index >= 15 is 0 Å². The first-order valence-corrected chi connectivity index (χ1v) is 7.32. The minimum absolute atomic E-state index is 0.0854. The lowest BCUT2D eigenvalue weighted by Gasteiger charge is -2.14. The van der Waals surface area contributed by atoms with Crippen LogP contribution in [0.3, 0.4) is 0 Å². The first-order chi connectivity index (χ1) is 10.2. The Balaban J connectivity index is 1.55. The van der Waals surface area contributed by atoms with Gasteiger partial charge in [-0.3, -0.25) is 0 Å². The molecule has 0 unspecified atom stereocenters. The van der Waals surface area contributed by atoms with Gasteiger partial charge < -0.3 is 15.7 Å². The van der Waals surface area contributed by atoms with Crippen LogP contribution >= 0.6 is 0 Å². The molecule has 2 aliphatic rings. The Hall–Kier alpha value is -1.88. The van der Waals surface area contributed by atoms with Crippen molar-refractivity contribution in [3.8, 4) is 0 Å². The molecule has 112 valence electrons. The molecule has 2 atom stereocenters. The highest BCUT2D eigenvalue weighted by Gasteiger charge is 2.26. The summed E-state index contributed by atoms with van der Waals surface area (Å²) in [6, 6.07) is 4.41. The number of aliphatic hydroxyl groups is 1. The van der Waals surface area contributed by atoms with Crippen LogP contribution in [0.1, 0.15) is 30.7 Å². The molecule has 1 aromatic rings. The van der Waals surface area contributed by atoms with E-state index in [1.54, 1.807) is 12.1 Å². The zero-order valence-electron chi connectivity index (χ0n) is 11.7. The molecule has 2 aliphatic carbocycles. The third kappa shape index (κ3) is 3.42.